The minimum Gasteiger partial charge on any atom is -0.381 e. The van der Waals surface area contributed by atoms with Crippen molar-refractivity contribution in [3.8, 4) is 0 Å². The Kier molecular flexibility index (Phi) is 2.84. The molecule has 1 aliphatic heterocycles. The van der Waals surface area contributed by atoms with Gasteiger partial charge in [0, 0.05) is 20.0 Å². The topological polar surface area (TPSA) is 63.5 Å². The summed E-state index contributed by atoms with van der Waals surface area (Å²) >= 11 is 0. The fraction of sp³-hybridized carbons (Fsp3) is 0.857. The first-order valence-electron chi connectivity index (χ1n) is 3.96. The molecule has 0 spiro atoms. The third-order valence-corrected chi connectivity index (χ3v) is 2.25. The molecule has 0 aromatic heterocycles. The van der Waals surface area contributed by atoms with Gasteiger partial charge in [-0.2, -0.15) is 0 Å². The molecule has 0 aliphatic carbocycles. The van der Waals surface area contributed by atoms with Crippen LogP contribution in [0.3, 0.4) is 0 Å². The molecule has 0 saturated carbocycles. The molecule has 0 radical (unpaired) electrons. The molecule has 4 heteroatoms. The van der Waals surface area contributed by atoms with Gasteiger partial charge in [-0.05, 0) is 0 Å². The van der Waals surface area contributed by atoms with Gasteiger partial charge in [0.1, 0.15) is 0 Å². The second-order valence-corrected chi connectivity index (χ2v) is 2.95. The highest BCUT2D eigenvalue weighted by molar-refractivity contribution is 5.64. The van der Waals surface area contributed by atoms with Crippen molar-refractivity contribution in [3.05, 3.63) is 0 Å². The van der Waals surface area contributed by atoms with E-state index < -0.39 is 0 Å². The summed E-state index contributed by atoms with van der Waals surface area (Å²) in [5.41, 5.74) is 5.36. The molecule has 0 bridgehead atoms. The first-order chi connectivity index (χ1) is 5.24. The molecule has 64 valence electrons. The fourth-order valence-corrected chi connectivity index (χ4v) is 1.44. The zero-order valence-electron chi connectivity index (χ0n) is 6.89. The van der Waals surface area contributed by atoms with Gasteiger partial charge in [-0.15, -0.1) is 0 Å². The number of methoxy groups -OCH3 is 1. The van der Waals surface area contributed by atoms with Crippen LogP contribution in [0.4, 0.5) is 0 Å². The van der Waals surface area contributed by atoms with Gasteiger partial charge in [0.2, 0.25) is 0 Å². The van der Waals surface area contributed by atoms with Crippen LogP contribution >= 0.6 is 0 Å². The molecule has 11 heavy (non-hydrogen) atoms. The van der Waals surface area contributed by atoms with Gasteiger partial charge in [-0.25, -0.2) is 5.41 Å². The monoisotopic (exact) mass is 158 g/mol. The first-order valence-corrected chi connectivity index (χ1v) is 3.96. The van der Waals surface area contributed by atoms with Crippen LogP contribution in [0.15, 0.2) is 0 Å². The number of nitrogens with one attached hydrogen (secondary N) is 2. The molecule has 0 amide bonds. The minimum atomic E-state index is 0.263. The van der Waals surface area contributed by atoms with E-state index in [1.807, 2.05) is 0 Å². The number of hydrogen-bond acceptors (Lipinski definition) is 2. The number of quaternary nitrogens is 1. The quantitative estimate of drug-likeness (QED) is 0.324. The van der Waals surface area contributed by atoms with E-state index >= 15 is 0 Å². The molecule has 4 nitrogen and oxygen atoms in total. The molecule has 1 fully saturated rings. The van der Waals surface area contributed by atoms with Crippen molar-refractivity contribution in [3.63, 3.8) is 0 Å². The van der Waals surface area contributed by atoms with Gasteiger partial charge < -0.3 is 10.5 Å². The van der Waals surface area contributed by atoms with Crippen LogP contribution in [0.2, 0.25) is 0 Å². The van der Waals surface area contributed by atoms with Crippen molar-refractivity contribution in [2.24, 2.45) is 5.73 Å². The molecule has 1 aliphatic rings. The molecule has 0 atom stereocenters. The number of hydrogen-bond donors (Lipinski definition) is 3. The Morgan fingerprint density at radius 2 is 2.09 bits per heavy atom. The van der Waals surface area contributed by atoms with E-state index in [0.29, 0.717) is 6.10 Å². The second kappa shape index (κ2) is 3.69. The second-order valence-electron chi connectivity index (χ2n) is 2.95. The SMILES string of the molecule is COC1CC[NH+](C(=N)N)CC1. The third kappa shape index (κ3) is 2.17. The predicted molar refractivity (Wildman–Crippen MR) is 42.6 cm³/mol. The highest BCUT2D eigenvalue weighted by atomic mass is 16.5. The number of piperidine rings is 1. The number of nitrogens with two attached hydrogens (primary N) is 1. The van der Waals surface area contributed by atoms with Gasteiger partial charge >= 0.3 is 0 Å². The number of likely N-dealkylation sites (tertiary alicyclic amines) is 1. The maximum atomic E-state index is 7.21. The van der Waals surface area contributed by atoms with Crippen LogP contribution in [0.5, 0.6) is 0 Å². The average molecular weight is 158 g/mol. The minimum absolute atomic E-state index is 0.263. The van der Waals surface area contributed by atoms with Crippen molar-refractivity contribution >= 4 is 5.96 Å². The standard InChI is InChI=1S/C7H15N3O/c1-11-6-2-4-10(5-3-6)7(8)9/h6H,2-5H2,1H3,(H3,8,9)/p+1. The lowest BCUT2D eigenvalue weighted by Crippen LogP contribution is -3.17. The molecular formula is C7H16N3O+. The normalized spacial score (nSPS) is 31.7. The van der Waals surface area contributed by atoms with Crippen molar-refractivity contribution < 1.29 is 9.64 Å². The molecule has 0 aromatic carbocycles. The summed E-state index contributed by atoms with van der Waals surface area (Å²) in [6, 6.07) is 0. The lowest BCUT2D eigenvalue weighted by molar-refractivity contribution is -0.815. The van der Waals surface area contributed by atoms with Gasteiger partial charge in [0.05, 0.1) is 19.2 Å². The Morgan fingerprint density at radius 1 is 1.55 bits per heavy atom. The van der Waals surface area contributed by atoms with Crippen molar-refractivity contribution in [1.29, 1.82) is 5.41 Å². The number of guanidine groups is 1. The molecule has 1 saturated heterocycles. The largest absolute Gasteiger partial charge is 0.381 e. The molecular weight excluding hydrogens is 142 g/mol. The maximum absolute atomic E-state index is 7.21. The van der Waals surface area contributed by atoms with Crippen LogP contribution in [0.1, 0.15) is 12.8 Å². The van der Waals surface area contributed by atoms with E-state index in [-0.39, 0.29) is 5.96 Å². The zero-order valence-corrected chi connectivity index (χ0v) is 6.89. The summed E-state index contributed by atoms with van der Waals surface area (Å²) in [5, 5.41) is 7.21. The summed E-state index contributed by atoms with van der Waals surface area (Å²) in [6.07, 6.45) is 2.43. The van der Waals surface area contributed by atoms with Gasteiger partial charge in [-0.3, -0.25) is 4.90 Å². The van der Waals surface area contributed by atoms with E-state index in [4.69, 9.17) is 15.9 Å². The summed E-state index contributed by atoms with van der Waals surface area (Å²) in [7, 11) is 1.74. The predicted octanol–water partition coefficient (Wildman–Crippen LogP) is -1.43. The van der Waals surface area contributed by atoms with Crippen LogP contribution in [-0.4, -0.2) is 32.3 Å². The molecule has 0 aromatic rings. The number of ether oxygens (including phenoxy) is 1. The highest BCUT2D eigenvalue weighted by Gasteiger charge is 2.23. The zero-order chi connectivity index (χ0) is 8.27. The van der Waals surface area contributed by atoms with E-state index in [9.17, 15) is 0 Å². The maximum Gasteiger partial charge on any atom is 0.290 e. The fourth-order valence-electron chi connectivity index (χ4n) is 1.44. The lowest BCUT2D eigenvalue weighted by Gasteiger charge is -2.26. The molecule has 4 N–H and O–H groups in total. The lowest BCUT2D eigenvalue weighted by atomic mass is 10.1. The third-order valence-electron chi connectivity index (χ3n) is 2.25. The summed E-state index contributed by atoms with van der Waals surface area (Å²) in [4.78, 5) is 1.10. The summed E-state index contributed by atoms with van der Waals surface area (Å²) in [6.45, 7) is 1.88. The summed E-state index contributed by atoms with van der Waals surface area (Å²) in [5.74, 6) is 0.263. The van der Waals surface area contributed by atoms with Crippen LogP contribution in [0.25, 0.3) is 0 Å². The van der Waals surface area contributed by atoms with Crippen molar-refractivity contribution in [2.45, 2.75) is 18.9 Å². The van der Waals surface area contributed by atoms with Gasteiger partial charge in [0.25, 0.3) is 5.96 Å². The van der Waals surface area contributed by atoms with E-state index in [2.05, 4.69) is 0 Å². The van der Waals surface area contributed by atoms with E-state index in [1.165, 1.54) is 0 Å². The smallest absolute Gasteiger partial charge is 0.290 e. The molecule has 1 rings (SSSR count). The Morgan fingerprint density at radius 3 is 2.45 bits per heavy atom. The molecule has 0 unspecified atom stereocenters. The van der Waals surface area contributed by atoms with Gasteiger partial charge in [0.15, 0.2) is 0 Å². The van der Waals surface area contributed by atoms with E-state index in [0.717, 1.165) is 30.8 Å². The first kappa shape index (κ1) is 8.49. The summed E-state index contributed by atoms with van der Waals surface area (Å²) < 4.78 is 5.19. The molecule has 1 heterocycles. The van der Waals surface area contributed by atoms with Gasteiger partial charge in [-0.1, -0.05) is 0 Å². The van der Waals surface area contributed by atoms with Crippen LogP contribution < -0.4 is 10.6 Å². The Bertz CT molecular complexity index is 141. The van der Waals surface area contributed by atoms with Crippen LogP contribution in [0, 0.1) is 5.41 Å². The average Bonchev–Trinajstić information content (AvgIpc) is 2.05. The highest BCUT2D eigenvalue weighted by Crippen LogP contribution is 2.01. The van der Waals surface area contributed by atoms with Crippen molar-refractivity contribution in [1.82, 2.24) is 0 Å². The van der Waals surface area contributed by atoms with Crippen molar-refractivity contribution in [2.75, 3.05) is 20.2 Å². The Hall–Kier alpha value is -0.610. The number of rotatable bonds is 1. The Labute approximate surface area is 66.8 Å². The van der Waals surface area contributed by atoms with E-state index in [1.54, 1.807) is 7.11 Å². The Balaban J connectivity index is 2.30. The van der Waals surface area contributed by atoms with Crippen LogP contribution in [-0.2, 0) is 4.74 Å².